The number of hydrogen-bond acceptors (Lipinski definition) is 2. The largest absolute Gasteiger partial charge is 0.322 e. The lowest BCUT2D eigenvalue weighted by molar-refractivity contribution is 0.0985. The summed E-state index contributed by atoms with van der Waals surface area (Å²) < 4.78 is 0. The van der Waals surface area contributed by atoms with Gasteiger partial charge in [-0.15, -0.1) is 0 Å². The summed E-state index contributed by atoms with van der Waals surface area (Å²) in [6, 6.07) is 25.8. The first-order valence-electron chi connectivity index (χ1n) is 9.52. The van der Waals surface area contributed by atoms with Crippen LogP contribution in [0.15, 0.2) is 84.9 Å². The predicted molar refractivity (Wildman–Crippen MR) is 114 cm³/mol. The normalized spacial score (nSPS) is 10.3. The van der Waals surface area contributed by atoms with Crippen molar-refractivity contribution in [3.8, 4) is 0 Å². The molecule has 0 aliphatic heterocycles. The first kappa shape index (κ1) is 19.4. The number of nitrogens with zero attached hydrogens (tertiary/aromatic N) is 1. The summed E-state index contributed by atoms with van der Waals surface area (Å²) in [4.78, 5) is 27.1. The maximum Gasteiger partial charge on any atom is 0.258 e. The number of para-hydroxylation sites is 1. The molecule has 2 amide bonds. The first-order valence-corrected chi connectivity index (χ1v) is 9.52. The Balaban J connectivity index is 1.73. The summed E-state index contributed by atoms with van der Waals surface area (Å²) >= 11 is 0. The van der Waals surface area contributed by atoms with E-state index in [0.29, 0.717) is 23.4 Å². The van der Waals surface area contributed by atoms with E-state index in [1.165, 1.54) is 0 Å². The first-order chi connectivity index (χ1) is 13.7. The summed E-state index contributed by atoms with van der Waals surface area (Å²) in [7, 11) is 0. The van der Waals surface area contributed by atoms with Crippen molar-refractivity contribution in [2.24, 2.45) is 0 Å². The summed E-state index contributed by atoms with van der Waals surface area (Å²) in [5.41, 5.74) is 2.74. The molecule has 0 spiro atoms. The van der Waals surface area contributed by atoms with E-state index in [9.17, 15) is 9.59 Å². The Morgan fingerprint density at radius 2 is 1.39 bits per heavy atom. The lowest BCUT2D eigenvalue weighted by Gasteiger charge is -2.23. The van der Waals surface area contributed by atoms with Crippen LogP contribution in [0.1, 0.15) is 40.5 Å². The molecule has 0 atom stereocenters. The van der Waals surface area contributed by atoms with Crippen molar-refractivity contribution in [1.82, 2.24) is 0 Å². The Bertz CT molecular complexity index is 906. The Morgan fingerprint density at radius 3 is 2.00 bits per heavy atom. The molecule has 4 nitrogen and oxygen atoms in total. The van der Waals surface area contributed by atoms with Gasteiger partial charge in [-0.05, 0) is 55.0 Å². The van der Waals surface area contributed by atoms with Crippen LogP contribution < -0.4 is 10.2 Å². The van der Waals surface area contributed by atoms with E-state index in [-0.39, 0.29) is 11.8 Å². The highest BCUT2D eigenvalue weighted by Gasteiger charge is 2.17. The van der Waals surface area contributed by atoms with Crippen molar-refractivity contribution in [2.45, 2.75) is 19.8 Å². The molecule has 3 rings (SSSR count). The number of rotatable bonds is 7. The molecule has 28 heavy (non-hydrogen) atoms. The van der Waals surface area contributed by atoms with E-state index < -0.39 is 0 Å². The van der Waals surface area contributed by atoms with Crippen molar-refractivity contribution >= 4 is 23.2 Å². The zero-order valence-electron chi connectivity index (χ0n) is 16.0. The van der Waals surface area contributed by atoms with Crippen molar-refractivity contribution in [1.29, 1.82) is 0 Å². The van der Waals surface area contributed by atoms with Crippen LogP contribution in [0.4, 0.5) is 11.4 Å². The minimum absolute atomic E-state index is 0.0411. The van der Waals surface area contributed by atoms with Crippen LogP contribution >= 0.6 is 0 Å². The van der Waals surface area contributed by atoms with E-state index in [0.717, 1.165) is 18.5 Å². The van der Waals surface area contributed by atoms with Crippen LogP contribution in [0.2, 0.25) is 0 Å². The van der Waals surface area contributed by atoms with Crippen molar-refractivity contribution < 1.29 is 9.59 Å². The number of carbonyl (C=O) groups excluding carboxylic acids is 2. The van der Waals surface area contributed by atoms with E-state index in [1.54, 1.807) is 41.3 Å². The van der Waals surface area contributed by atoms with Gasteiger partial charge < -0.3 is 10.2 Å². The number of benzene rings is 3. The Hall–Kier alpha value is -3.40. The smallest absolute Gasteiger partial charge is 0.258 e. The fourth-order valence-corrected chi connectivity index (χ4v) is 2.92. The molecule has 3 aromatic carbocycles. The molecule has 0 heterocycles. The predicted octanol–water partition coefficient (Wildman–Crippen LogP) is 5.39. The van der Waals surface area contributed by atoms with Crippen LogP contribution in [-0.4, -0.2) is 18.4 Å². The zero-order valence-corrected chi connectivity index (χ0v) is 16.0. The monoisotopic (exact) mass is 372 g/mol. The highest BCUT2D eigenvalue weighted by atomic mass is 16.2. The van der Waals surface area contributed by atoms with E-state index >= 15 is 0 Å². The number of nitrogens with one attached hydrogen (secondary N) is 1. The lowest BCUT2D eigenvalue weighted by Crippen LogP contribution is -2.31. The van der Waals surface area contributed by atoms with Gasteiger partial charge in [-0.2, -0.15) is 0 Å². The van der Waals surface area contributed by atoms with Gasteiger partial charge in [0.05, 0.1) is 0 Å². The molecule has 0 saturated heterocycles. The lowest BCUT2D eigenvalue weighted by atomic mass is 10.1. The van der Waals surface area contributed by atoms with Gasteiger partial charge in [-0.25, -0.2) is 0 Å². The fraction of sp³-hybridized carbons (Fsp3) is 0.167. The minimum atomic E-state index is -0.173. The molecule has 0 aliphatic rings. The number of unbranched alkanes of at least 4 members (excludes halogenated alkanes) is 1. The second-order valence-electron chi connectivity index (χ2n) is 6.54. The summed E-state index contributed by atoms with van der Waals surface area (Å²) in [5.74, 6) is -0.214. The van der Waals surface area contributed by atoms with Crippen molar-refractivity contribution in [3.05, 3.63) is 96.1 Å². The molecule has 3 aromatic rings. The Kier molecular flexibility index (Phi) is 6.58. The second-order valence-corrected chi connectivity index (χ2v) is 6.54. The maximum absolute atomic E-state index is 13.0. The van der Waals surface area contributed by atoms with Gasteiger partial charge in [0.2, 0.25) is 0 Å². The Labute approximate surface area is 165 Å². The Morgan fingerprint density at radius 1 is 0.786 bits per heavy atom. The standard InChI is InChI=1S/C24H24N2O2/c1-2-3-18-26(22-12-8-5-9-13-22)24(28)20-14-16-21(17-15-20)25-23(27)19-10-6-4-7-11-19/h4-17H,2-3,18H2,1H3,(H,25,27). The third kappa shape index (κ3) is 4.86. The molecule has 0 aliphatic carbocycles. The van der Waals surface area contributed by atoms with Gasteiger partial charge in [0.1, 0.15) is 0 Å². The SMILES string of the molecule is CCCCN(C(=O)c1ccc(NC(=O)c2ccccc2)cc1)c1ccccc1. The number of carbonyl (C=O) groups is 2. The molecule has 142 valence electrons. The summed E-state index contributed by atoms with van der Waals surface area (Å²) in [6.07, 6.45) is 1.95. The highest BCUT2D eigenvalue weighted by molar-refractivity contribution is 6.07. The summed E-state index contributed by atoms with van der Waals surface area (Å²) in [6.45, 7) is 2.78. The molecule has 1 N–H and O–H groups in total. The minimum Gasteiger partial charge on any atom is -0.322 e. The molecular weight excluding hydrogens is 348 g/mol. The van der Waals surface area contributed by atoms with Crippen LogP contribution in [0.25, 0.3) is 0 Å². The third-order valence-electron chi connectivity index (χ3n) is 4.47. The van der Waals surface area contributed by atoms with Crippen LogP contribution in [0.3, 0.4) is 0 Å². The van der Waals surface area contributed by atoms with E-state index in [2.05, 4.69) is 12.2 Å². The average molecular weight is 372 g/mol. The van der Waals surface area contributed by atoms with Gasteiger partial charge in [0.25, 0.3) is 11.8 Å². The number of amides is 2. The molecule has 0 bridgehead atoms. The fourth-order valence-electron chi connectivity index (χ4n) is 2.92. The van der Waals surface area contributed by atoms with Crippen LogP contribution in [0.5, 0.6) is 0 Å². The van der Waals surface area contributed by atoms with Gasteiger partial charge in [-0.1, -0.05) is 49.7 Å². The molecule has 0 unspecified atom stereocenters. The maximum atomic E-state index is 13.0. The molecule has 0 fully saturated rings. The average Bonchev–Trinajstić information content (AvgIpc) is 2.76. The second kappa shape index (κ2) is 9.51. The molecular formula is C24H24N2O2. The van der Waals surface area contributed by atoms with Crippen molar-refractivity contribution in [3.63, 3.8) is 0 Å². The van der Waals surface area contributed by atoms with Gasteiger partial charge in [0, 0.05) is 29.0 Å². The van der Waals surface area contributed by atoms with E-state index in [1.807, 2.05) is 48.5 Å². The highest BCUT2D eigenvalue weighted by Crippen LogP contribution is 2.19. The van der Waals surface area contributed by atoms with Crippen molar-refractivity contribution in [2.75, 3.05) is 16.8 Å². The number of anilines is 2. The molecule has 0 saturated carbocycles. The summed E-state index contributed by atoms with van der Waals surface area (Å²) in [5, 5.41) is 2.86. The topological polar surface area (TPSA) is 49.4 Å². The van der Waals surface area contributed by atoms with E-state index in [4.69, 9.17) is 0 Å². The van der Waals surface area contributed by atoms with Crippen LogP contribution in [-0.2, 0) is 0 Å². The molecule has 0 aromatic heterocycles. The molecule has 4 heteroatoms. The van der Waals surface area contributed by atoms with Crippen LogP contribution in [0, 0.1) is 0 Å². The number of hydrogen-bond donors (Lipinski definition) is 1. The van der Waals surface area contributed by atoms with Gasteiger partial charge in [-0.3, -0.25) is 9.59 Å². The quantitative estimate of drug-likeness (QED) is 0.605. The van der Waals surface area contributed by atoms with Gasteiger partial charge in [0.15, 0.2) is 0 Å². The molecule has 0 radical (unpaired) electrons. The van der Waals surface area contributed by atoms with Gasteiger partial charge >= 0.3 is 0 Å². The zero-order chi connectivity index (χ0) is 19.8. The third-order valence-corrected chi connectivity index (χ3v) is 4.47.